The van der Waals surface area contributed by atoms with E-state index in [1.807, 2.05) is 4.90 Å². The molecule has 1 amide bonds. The van der Waals surface area contributed by atoms with Crippen LogP contribution in [0, 0.1) is 5.92 Å². The van der Waals surface area contributed by atoms with Crippen molar-refractivity contribution in [2.75, 3.05) is 26.7 Å². The minimum absolute atomic E-state index is 0.172. The summed E-state index contributed by atoms with van der Waals surface area (Å²) in [7, 11) is 1.72. The van der Waals surface area contributed by atoms with E-state index in [9.17, 15) is 4.79 Å². The number of nitrogens with two attached hydrogens (primary N) is 1. The second-order valence-electron chi connectivity index (χ2n) is 5.79. The van der Waals surface area contributed by atoms with Crippen molar-refractivity contribution in [1.29, 1.82) is 0 Å². The zero-order valence-electron chi connectivity index (χ0n) is 12.1. The average Bonchev–Trinajstić information content (AvgIpc) is 2.28. The maximum atomic E-state index is 12.4. The molecule has 2 N–H and O–H groups in total. The summed E-state index contributed by atoms with van der Waals surface area (Å²) < 4.78 is 5.53. The Morgan fingerprint density at radius 1 is 1.44 bits per heavy atom. The van der Waals surface area contributed by atoms with E-state index in [2.05, 4.69) is 13.8 Å². The highest BCUT2D eigenvalue weighted by atomic mass is 16.5. The molecule has 0 aromatic carbocycles. The lowest BCUT2D eigenvalue weighted by molar-refractivity contribution is -0.144. The second-order valence-corrected chi connectivity index (χ2v) is 5.79. The summed E-state index contributed by atoms with van der Waals surface area (Å²) >= 11 is 0. The molecule has 18 heavy (non-hydrogen) atoms. The minimum Gasteiger partial charge on any atom is -0.378 e. The zero-order valence-corrected chi connectivity index (χ0v) is 12.1. The third-order valence-corrected chi connectivity index (χ3v) is 3.74. The molecule has 0 bridgehead atoms. The van der Waals surface area contributed by atoms with Crippen LogP contribution in [0.2, 0.25) is 0 Å². The van der Waals surface area contributed by atoms with Crippen molar-refractivity contribution in [2.45, 2.75) is 51.6 Å². The quantitative estimate of drug-likeness (QED) is 0.720. The van der Waals surface area contributed by atoms with Crippen LogP contribution in [-0.4, -0.2) is 43.2 Å². The topological polar surface area (TPSA) is 55.6 Å². The lowest BCUT2D eigenvalue weighted by Gasteiger charge is -2.41. The maximum Gasteiger partial charge on any atom is 0.225 e. The third kappa shape index (κ3) is 4.25. The Bertz CT molecular complexity index is 257. The Kier molecular flexibility index (Phi) is 6.09. The van der Waals surface area contributed by atoms with Crippen molar-refractivity contribution in [1.82, 2.24) is 4.90 Å². The molecule has 0 aromatic rings. The van der Waals surface area contributed by atoms with Gasteiger partial charge in [0.1, 0.15) is 0 Å². The van der Waals surface area contributed by atoms with Gasteiger partial charge in [0.2, 0.25) is 5.91 Å². The highest BCUT2D eigenvalue weighted by Crippen LogP contribution is 2.38. The smallest absolute Gasteiger partial charge is 0.225 e. The highest BCUT2D eigenvalue weighted by Gasteiger charge is 2.39. The summed E-state index contributed by atoms with van der Waals surface area (Å²) in [6.07, 6.45) is 4.61. The number of nitrogens with zero attached hydrogens (tertiary/aromatic N) is 1. The number of amides is 1. The van der Waals surface area contributed by atoms with Gasteiger partial charge in [0.25, 0.3) is 0 Å². The molecular weight excluding hydrogens is 228 g/mol. The van der Waals surface area contributed by atoms with Crippen LogP contribution in [0.5, 0.6) is 0 Å². The van der Waals surface area contributed by atoms with E-state index in [4.69, 9.17) is 10.5 Å². The Morgan fingerprint density at radius 2 is 2.11 bits per heavy atom. The molecule has 1 fully saturated rings. The fourth-order valence-corrected chi connectivity index (χ4v) is 2.45. The van der Waals surface area contributed by atoms with Gasteiger partial charge in [0.15, 0.2) is 0 Å². The number of ether oxygens (including phenoxy) is 1. The van der Waals surface area contributed by atoms with Gasteiger partial charge in [-0.3, -0.25) is 4.79 Å². The molecule has 106 valence electrons. The summed E-state index contributed by atoms with van der Waals surface area (Å²) in [5.41, 5.74) is 5.36. The Morgan fingerprint density at radius 3 is 2.50 bits per heavy atom. The van der Waals surface area contributed by atoms with Crippen molar-refractivity contribution < 1.29 is 9.53 Å². The lowest BCUT2D eigenvalue weighted by Crippen LogP contribution is -2.46. The van der Waals surface area contributed by atoms with Crippen molar-refractivity contribution in [3.63, 3.8) is 0 Å². The van der Waals surface area contributed by atoms with Gasteiger partial charge in [-0.25, -0.2) is 0 Å². The first-order chi connectivity index (χ1) is 8.53. The van der Waals surface area contributed by atoms with Crippen LogP contribution < -0.4 is 5.73 Å². The molecule has 0 radical (unpaired) electrons. The van der Waals surface area contributed by atoms with Gasteiger partial charge < -0.3 is 15.4 Å². The summed E-state index contributed by atoms with van der Waals surface area (Å²) in [5.74, 6) is 0.713. The van der Waals surface area contributed by atoms with Gasteiger partial charge in [0.05, 0.1) is 12.0 Å². The molecule has 0 spiro atoms. The van der Waals surface area contributed by atoms with E-state index in [1.54, 1.807) is 7.11 Å². The number of hydrogen-bond donors (Lipinski definition) is 1. The van der Waals surface area contributed by atoms with Crippen LogP contribution in [0.3, 0.4) is 0 Å². The fraction of sp³-hybridized carbons (Fsp3) is 0.929. The molecule has 0 heterocycles. The number of rotatable bonds is 8. The minimum atomic E-state index is -0.172. The molecule has 0 aliphatic heterocycles. The molecule has 4 heteroatoms. The van der Waals surface area contributed by atoms with Crippen LogP contribution in [-0.2, 0) is 9.53 Å². The van der Waals surface area contributed by atoms with Crippen LogP contribution in [0.1, 0.15) is 46.0 Å². The Hall–Kier alpha value is -0.610. The predicted molar refractivity (Wildman–Crippen MR) is 73.3 cm³/mol. The molecule has 1 saturated carbocycles. The van der Waals surface area contributed by atoms with E-state index in [0.29, 0.717) is 18.9 Å². The number of hydrogen-bond acceptors (Lipinski definition) is 3. The largest absolute Gasteiger partial charge is 0.378 e. The molecule has 0 aromatic heterocycles. The summed E-state index contributed by atoms with van der Waals surface area (Å²) in [4.78, 5) is 14.3. The van der Waals surface area contributed by atoms with Crippen molar-refractivity contribution in [2.24, 2.45) is 11.7 Å². The monoisotopic (exact) mass is 256 g/mol. The highest BCUT2D eigenvalue weighted by molar-refractivity contribution is 5.77. The average molecular weight is 256 g/mol. The molecule has 4 nitrogen and oxygen atoms in total. The normalized spacial score (nSPS) is 17.6. The summed E-state index contributed by atoms with van der Waals surface area (Å²) in [6.45, 7) is 6.50. The fourth-order valence-electron chi connectivity index (χ4n) is 2.45. The molecule has 0 saturated heterocycles. The first kappa shape index (κ1) is 15.4. The first-order valence-electron chi connectivity index (χ1n) is 7.06. The predicted octanol–water partition coefficient (Wildman–Crippen LogP) is 1.78. The lowest BCUT2D eigenvalue weighted by atomic mass is 9.77. The van der Waals surface area contributed by atoms with Gasteiger partial charge in [0, 0.05) is 20.2 Å². The molecule has 0 unspecified atom stereocenters. The molecule has 0 atom stereocenters. The second kappa shape index (κ2) is 7.10. The SMILES string of the molecule is COC1(CC(=O)N(CCCN)CC(C)C)CCC1. The maximum absolute atomic E-state index is 12.4. The van der Waals surface area contributed by atoms with Crippen LogP contribution >= 0.6 is 0 Å². The van der Waals surface area contributed by atoms with E-state index < -0.39 is 0 Å². The van der Waals surface area contributed by atoms with Crippen molar-refractivity contribution in [3.8, 4) is 0 Å². The molecule has 1 aliphatic rings. The summed E-state index contributed by atoms with van der Waals surface area (Å²) in [6, 6.07) is 0. The van der Waals surface area contributed by atoms with Crippen LogP contribution in [0.4, 0.5) is 0 Å². The number of carbonyl (C=O) groups is 1. The Labute approximate surface area is 111 Å². The standard InChI is InChI=1S/C14H28N2O2/c1-12(2)11-16(9-5-8-15)13(17)10-14(18-3)6-4-7-14/h12H,4-11,15H2,1-3H3. The van der Waals surface area contributed by atoms with Gasteiger partial charge in [-0.15, -0.1) is 0 Å². The zero-order chi connectivity index (χ0) is 13.6. The van der Waals surface area contributed by atoms with Gasteiger partial charge in [-0.05, 0) is 38.1 Å². The van der Waals surface area contributed by atoms with Crippen molar-refractivity contribution in [3.05, 3.63) is 0 Å². The van der Waals surface area contributed by atoms with E-state index >= 15 is 0 Å². The van der Waals surface area contributed by atoms with E-state index in [1.165, 1.54) is 6.42 Å². The molecular formula is C14H28N2O2. The van der Waals surface area contributed by atoms with E-state index in [0.717, 1.165) is 32.4 Å². The first-order valence-corrected chi connectivity index (χ1v) is 7.06. The number of methoxy groups -OCH3 is 1. The molecule has 1 rings (SSSR count). The third-order valence-electron chi connectivity index (χ3n) is 3.74. The Balaban J connectivity index is 2.52. The van der Waals surface area contributed by atoms with Gasteiger partial charge >= 0.3 is 0 Å². The summed E-state index contributed by atoms with van der Waals surface area (Å²) in [5, 5.41) is 0. The van der Waals surface area contributed by atoms with Crippen LogP contribution in [0.15, 0.2) is 0 Å². The number of carbonyl (C=O) groups excluding carboxylic acids is 1. The van der Waals surface area contributed by atoms with Crippen LogP contribution in [0.25, 0.3) is 0 Å². The molecule has 1 aliphatic carbocycles. The van der Waals surface area contributed by atoms with E-state index in [-0.39, 0.29) is 11.5 Å². The van der Waals surface area contributed by atoms with Crippen molar-refractivity contribution >= 4 is 5.91 Å². The van der Waals surface area contributed by atoms with Gasteiger partial charge in [-0.2, -0.15) is 0 Å². The van der Waals surface area contributed by atoms with Gasteiger partial charge in [-0.1, -0.05) is 13.8 Å².